The average Bonchev–Trinajstić information content (AvgIpc) is 3.36. The van der Waals surface area contributed by atoms with Gasteiger partial charge >= 0.3 is 11.8 Å². The molecule has 1 aliphatic heterocycles. The van der Waals surface area contributed by atoms with Crippen LogP contribution in [0.25, 0.3) is 11.7 Å². The number of aromatic nitrogens is 3. The number of hydrogen-bond acceptors (Lipinski definition) is 7. The standard InChI is InChI=1S/C16H14N4O4/c21-16(15-19-18-14(24-15)12-4-3-9-22-12)20-8-6-11(10-20)23-13-5-1-2-7-17-13/h1-5,7,9,11H,6,8,10H2/t11-/m1/s1. The first-order valence-corrected chi connectivity index (χ1v) is 7.54. The van der Waals surface area contributed by atoms with Crippen LogP contribution < -0.4 is 4.74 Å². The summed E-state index contributed by atoms with van der Waals surface area (Å²) in [7, 11) is 0. The van der Waals surface area contributed by atoms with Gasteiger partial charge < -0.3 is 18.5 Å². The van der Waals surface area contributed by atoms with Gasteiger partial charge in [0.1, 0.15) is 6.10 Å². The molecule has 3 aromatic rings. The van der Waals surface area contributed by atoms with Crippen LogP contribution in [0.2, 0.25) is 0 Å². The van der Waals surface area contributed by atoms with Crippen molar-refractivity contribution >= 4 is 5.91 Å². The molecule has 3 aromatic heterocycles. The van der Waals surface area contributed by atoms with E-state index in [-0.39, 0.29) is 23.8 Å². The van der Waals surface area contributed by atoms with Gasteiger partial charge in [0.2, 0.25) is 5.88 Å². The van der Waals surface area contributed by atoms with Gasteiger partial charge in [-0.25, -0.2) is 4.98 Å². The van der Waals surface area contributed by atoms with Crippen molar-refractivity contribution in [3.8, 4) is 17.5 Å². The highest BCUT2D eigenvalue weighted by atomic mass is 16.5. The maximum Gasteiger partial charge on any atom is 0.311 e. The van der Waals surface area contributed by atoms with E-state index in [1.165, 1.54) is 6.26 Å². The van der Waals surface area contributed by atoms with Crippen LogP contribution in [0.15, 0.2) is 51.6 Å². The molecule has 0 aromatic carbocycles. The number of ether oxygens (including phenoxy) is 1. The zero-order chi connectivity index (χ0) is 16.4. The lowest BCUT2D eigenvalue weighted by molar-refractivity contribution is 0.0732. The summed E-state index contributed by atoms with van der Waals surface area (Å²) in [5, 5.41) is 7.64. The second kappa shape index (κ2) is 6.15. The van der Waals surface area contributed by atoms with Crippen molar-refractivity contribution in [1.29, 1.82) is 0 Å². The van der Waals surface area contributed by atoms with E-state index in [1.54, 1.807) is 29.3 Å². The van der Waals surface area contributed by atoms with Crippen molar-refractivity contribution in [2.24, 2.45) is 0 Å². The van der Waals surface area contributed by atoms with Crippen LogP contribution in [-0.2, 0) is 0 Å². The molecule has 0 radical (unpaired) electrons. The third kappa shape index (κ3) is 2.85. The van der Waals surface area contributed by atoms with Gasteiger partial charge in [-0.05, 0) is 18.2 Å². The van der Waals surface area contributed by atoms with Gasteiger partial charge in [0.25, 0.3) is 5.89 Å². The Balaban J connectivity index is 1.41. The number of carbonyl (C=O) groups is 1. The molecule has 1 amide bonds. The molecule has 0 unspecified atom stereocenters. The normalized spacial score (nSPS) is 17.2. The SMILES string of the molecule is O=C(c1nnc(-c2ccco2)o1)N1CC[C@@H](Oc2ccccn2)C1. The first-order chi connectivity index (χ1) is 11.8. The van der Waals surface area contributed by atoms with Crippen LogP contribution in [0, 0.1) is 0 Å². The Bertz CT molecular complexity index is 816. The predicted octanol–water partition coefficient (Wildman–Crippen LogP) is 2.02. The fraction of sp³-hybridized carbons (Fsp3) is 0.250. The topological polar surface area (TPSA) is 94.5 Å². The monoisotopic (exact) mass is 326 g/mol. The number of hydrogen-bond donors (Lipinski definition) is 0. The van der Waals surface area contributed by atoms with Crippen LogP contribution in [0.5, 0.6) is 5.88 Å². The number of likely N-dealkylation sites (tertiary alicyclic amines) is 1. The summed E-state index contributed by atoms with van der Waals surface area (Å²) < 4.78 is 16.3. The van der Waals surface area contributed by atoms with Crippen LogP contribution in [0.4, 0.5) is 0 Å². The van der Waals surface area contributed by atoms with Gasteiger partial charge in [-0.3, -0.25) is 4.79 Å². The minimum absolute atomic E-state index is 0.0557. The van der Waals surface area contributed by atoms with E-state index in [4.69, 9.17) is 13.6 Å². The second-order valence-electron chi connectivity index (χ2n) is 5.34. The van der Waals surface area contributed by atoms with Gasteiger partial charge in [0, 0.05) is 25.2 Å². The Morgan fingerprint density at radius 2 is 2.21 bits per heavy atom. The first kappa shape index (κ1) is 14.4. The molecule has 8 heteroatoms. The van der Waals surface area contributed by atoms with E-state index in [0.717, 1.165) is 6.42 Å². The molecule has 4 rings (SSSR count). The van der Waals surface area contributed by atoms with Crippen LogP contribution >= 0.6 is 0 Å². The average molecular weight is 326 g/mol. The Labute approximate surface area is 137 Å². The molecule has 1 atom stereocenters. The molecule has 1 saturated heterocycles. The lowest BCUT2D eigenvalue weighted by Crippen LogP contribution is -2.31. The molecule has 0 aliphatic carbocycles. The third-order valence-electron chi connectivity index (χ3n) is 3.70. The molecule has 0 N–H and O–H groups in total. The molecular weight excluding hydrogens is 312 g/mol. The first-order valence-electron chi connectivity index (χ1n) is 7.54. The number of amides is 1. The van der Waals surface area contributed by atoms with Crippen molar-refractivity contribution in [3.63, 3.8) is 0 Å². The fourth-order valence-electron chi connectivity index (χ4n) is 2.54. The lowest BCUT2D eigenvalue weighted by atomic mass is 10.3. The fourth-order valence-corrected chi connectivity index (χ4v) is 2.54. The zero-order valence-corrected chi connectivity index (χ0v) is 12.7. The zero-order valence-electron chi connectivity index (χ0n) is 12.7. The number of pyridine rings is 1. The minimum atomic E-state index is -0.313. The quantitative estimate of drug-likeness (QED) is 0.724. The Hall–Kier alpha value is -3.16. The molecule has 122 valence electrons. The van der Waals surface area contributed by atoms with Gasteiger partial charge in [0.15, 0.2) is 5.76 Å². The second-order valence-corrected chi connectivity index (χ2v) is 5.34. The van der Waals surface area contributed by atoms with Gasteiger partial charge in [0.05, 0.1) is 12.8 Å². The van der Waals surface area contributed by atoms with Crippen molar-refractivity contribution in [2.45, 2.75) is 12.5 Å². The largest absolute Gasteiger partial charge is 0.472 e. The molecular formula is C16H14N4O4. The number of rotatable bonds is 4. The van der Waals surface area contributed by atoms with E-state index in [0.29, 0.717) is 24.7 Å². The maximum atomic E-state index is 12.5. The molecule has 24 heavy (non-hydrogen) atoms. The summed E-state index contributed by atoms with van der Waals surface area (Å²) in [5.74, 6) is 0.796. The highest BCUT2D eigenvalue weighted by Crippen LogP contribution is 2.21. The summed E-state index contributed by atoms with van der Waals surface area (Å²) in [5.41, 5.74) is 0. The summed E-state index contributed by atoms with van der Waals surface area (Å²) in [6.45, 7) is 1.02. The van der Waals surface area contributed by atoms with Gasteiger partial charge in [-0.15, -0.1) is 10.2 Å². The Morgan fingerprint density at radius 1 is 1.25 bits per heavy atom. The molecule has 8 nitrogen and oxygen atoms in total. The van der Waals surface area contributed by atoms with Gasteiger partial charge in [-0.2, -0.15) is 0 Å². The molecule has 1 aliphatic rings. The predicted molar refractivity (Wildman–Crippen MR) is 81.2 cm³/mol. The summed E-state index contributed by atoms with van der Waals surface area (Å²) >= 11 is 0. The van der Waals surface area contributed by atoms with Crippen molar-refractivity contribution < 1.29 is 18.4 Å². The van der Waals surface area contributed by atoms with Crippen LogP contribution in [-0.4, -0.2) is 45.2 Å². The van der Waals surface area contributed by atoms with Crippen LogP contribution in [0.3, 0.4) is 0 Å². The number of carbonyl (C=O) groups excluding carboxylic acids is 1. The molecule has 1 fully saturated rings. The maximum absolute atomic E-state index is 12.5. The van der Waals surface area contributed by atoms with E-state index in [2.05, 4.69) is 15.2 Å². The lowest BCUT2D eigenvalue weighted by Gasteiger charge is -2.14. The third-order valence-corrected chi connectivity index (χ3v) is 3.70. The summed E-state index contributed by atoms with van der Waals surface area (Å²) in [4.78, 5) is 18.2. The summed E-state index contributed by atoms with van der Waals surface area (Å²) in [6, 6.07) is 8.87. The van der Waals surface area contributed by atoms with E-state index in [1.807, 2.05) is 12.1 Å². The smallest absolute Gasteiger partial charge is 0.311 e. The number of nitrogens with zero attached hydrogens (tertiary/aromatic N) is 4. The molecule has 0 saturated carbocycles. The highest BCUT2D eigenvalue weighted by molar-refractivity contribution is 5.90. The number of furan rings is 1. The molecule has 4 heterocycles. The highest BCUT2D eigenvalue weighted by Gasteiger charge is 2.31. The van der Waals surface area contributed by atoms with Gasteiger partial charge in [-0.1, -0.05) is 6.07 Å². The van der Waals surface area contributed by atoms with E-state index < -0.39 is 0 Å². The van der Waals surface area contributed by atoms with Crippen molar-refractivity contribution in [3.05, 3.63) is 48.7 Å². The summed E-state index contributed by atoms with van der Waals surface area (Å²) in [6.07, 6.45) is 3.79. The van der Waals surface area contributed by atoms with Crippen LogP contribution in [0.1, 0.15) is 17.1 Å². The Morgan fingerprint density at radius 3 is 3.00 bits per heavy atom. The Kier molecular flexibility index (Phi) is 3.70. The minimum Gasteiger partial charge on any atom is -0.472 e. The van der Waals surface area contributed by atoms with Crippen molar-refractivity contribution in [1.82, 2.24) is 20.1 Å². The molecule has 0 spiro atoms. The van der Waals surface area contributed by atoms with E-state index >= 15 is 0 Å². The molecule has 0 bridgehead atoms. The van der Waals surface area contributed by atoms with E-state index in [9.17, 15) is 4.79 Å². The van der Waals surface area contributed by atoms with Crippen molar-refractivity contribution in [2.75, 3.05) is 13.1 Å².